The molecular weight excluding hydrogens is 183 g/mol. The lowest BCUT2D eigenvalue weighted by Crippen LogP contribution is -2.66. The minimum Gasteiger partial charge on any atom is -0.311 e. The molecule has 2 fully saturated rings. The van der Waals surface area contributed by atoms with Gasteiger partial charge in [0.05, 0.1) is 0 Å². The minimum atomic E-state index is 0. The van der Waals surface area contributed by atoms with Crippen LogP contribution in [0.1, 0.15) is 12.8 Å². The van der Waals surface area contributed by atoms with Crippen molar-refractivity contribution in [2.75, 3.05) is 20.1 Å². The Balaban J connectivity index is 0.000000500. The third-order valence-electron chi connectivity index (χ3n) is 2.65. The van der Waals surface area contributed by atoms with Crippen LogP contribution in [0.15, 0.2) is 0 Å². The van der Waals surface area contributed by atoms with Gasteiger partial charge in [-0.25, -0.2) is 0 Å². The van der Waals surface area contributed by atoms with E-state index in [2.05, 4.69) is 17.3 Å². The van der Waals surface area contributed by atoms with Gasteiger partial charge in [0.2, 0.25) is 0 Å². The Bertz CT molecular complexity index is 115. The van der Waals surface area contributed by atoms with Crippen LogP contribution in [0.5, 0.6) is 0 Å². The van der Waals surface area contributed by atoms with Gasteiger partial charge in [-0.3, -0.25) is 0 Å². The first kappa shape index (κ1) is 11.5. The Labute approximate surface area is 80.5 Å². The molecule has 0 aliphatic carbocycles. The van der Waals surface area contributed by atoms with Crippen molar-refractivity contribution < 1.29 is 0 Å². The van der Waals surface area contributed by atoms with E-state index in [1.54, 1.807) is 0 Å². The van der Waals surface area contributed by atoms with E-state index in [9.17, 15) is 0 Å². The summed E-state index contributed by atoms with van der Waals surface area (Å²) in [5.41, 5.74) is 0. The van der Waals surface area contributed by atoms with Crippen LogP contribution in [0.2, 0.25) is 0 Å². The SMILES string of the molecule is CN1CCCC2NCC21.Cl.Cl. The van der Waals surface area contributed by atoms with E-state index in [1.165, 1.54) is 25.9 Å². The van der Waals surface area contributed by atoms with E-state index >= 15 is 0 Å². The number of hydrogen-bond donors (Lipinski definition) is 1. The average molecular weight is 199 g/mol. The highest BCUT2D eigenvalue weighted by atomic mass is 35.5. The second-order valence-electron chi connectivity index (χ2n) is 3.20. The van der Waals surface area contributed by atoms with E-state index in [0.29, 0.717) is 0 Å². The molecule has 2 nitrogen and oxygen atoms in total. The second-order valence-corrected chi connectivity index (χ2v) is 3.20. The second kappa shape index (κ2) is 4.51. The summed E-state index contributed by atoms with van der Waals surface area (Å²) in [5, 5.41) is 3.44. The number of hydrogen-bond acceptors (Lipinski definition) is 2. The topological polar surface area (TPSA) is 15.3 Å². The number of halogens is 2. The molecule has 2 rings (SSSR count). The predicted octanol–water partition coefficient (Wildman–Crippen LogP) is 0.896. The van der Waals surface area contributed by atoms with Gasteiger partial charge in [0.1, 0.15) is 0 Å². The zero-order valence-electron chi connectivity index (χ0n) is 6.75. The quantitative estimate of drug-likeness (QED) is 0.623. The van der Waals surface area contributed by atoms with Crippen LogP contribution >= 0.6 is 24.8 Å². The molecule has 0 radical (unpaired) electrons. The molecule has 0 aromatic carbocycles. The molecular formula is C7H16Cl2N2. The zero-order valence-corrected chi connectivity index (χ0v) is 8.38. The Morgan fingerprint density at radius 3 is 2.45 bits per heavy atom. The number of likely N-dealkylation sites (tertiary alicyclic amines) is 1. The largest absolute Gasteiger partial charge is 0.311 e. The van der Waals surface area contributed by atoms with Gasteiger partial charge in [0.25, 0.3) is 0 Å². The highest BCUT2D eigenvalue weighted by Crippen LogP contribution is 2.21. The summed E-state index contributed by atoms with van der Waals surface area (Å²) >= 11 is 0. The minimum absolute atomic E-state index is 0. The van der Waals surface area contributed by atoms with Gasteiger partial charge in [0, 0.05) is 18.6 Å². The highest BCUT2D eigenvalue weighted by molar-refractivity contribution is 5.85. The fourth-order valence-corrected chi connectivity index (χ4v) is 1.87. The summed E-state index contributed by atoms with van der Waals surface area (Å²) in [5.74, 6) is 0. The van der Waals surface area contributed by atoms with Gasteiger partial charge < -0.3 is 10.2 Å². The van der Waals surface area contributed by atoms with Crippen molar-refractivity contribution in [3.8, 4) is 0 Å². The Kier molecular flexibility index (Phi) is 4.71. The third-order valence-corrected chi connectivity index (χ3v) is 2.65. The first-order chi connectivity index (χ1) is 4.38. The van der Waals surface area contributed by atoms with E-state index < -0.39 is 0 Å². The molecule has 0 spiro atoms. The van der Waals surface area contributed by atoms with Crippen molar-refractivity contribution in [1.82, 2.24) is 10.2 Å². The number of likely N-dealkylation sites (N-methyl/N-ethyl adjacent to an activating group) is 1. The van der Waals surface area contributed by atoms with Crippen LogP contribution in [0, 0.1) is 0 Å². The predicted molar refractivity (Wildman–Crippen MR) is 51.9 cm³/mol. The molecule has 0 bridgehead atoms. The Morgan fingerprint density at radius 1 is 1.36 bits per heavy atom. The van der Waals surface area contributed by atoms with Gasteiger partial charge >= 0.3 is 0 Å². The Hall–Kier alpha value is 0.500. The van der Waals surface area contributed by atoms with Gasteiger partial charge in [-0.1, -0.05) is 0 Å². The lowest BCUT2D eigenvalue weighted by molar-refractivity contribution is 0.0786. The van der Waals surface area contributed by atoms with Crippen LogP contribution in [0.25, 0.3) is 0 Å². The summed E-state index contributed by atoms with van der Waals surface area (Å²) in [6, 6.07) is 1.71. The van der Waals surface area contributed by atoms with Gasteiger partial charge in [-0.2, -0.15) is 0 Å². The first-order valence-electron chi connectivity index (χ1n) is 3.81. The van der Waals surface area contributed by atoms with Crippen LogP contribution in [0.4, 0.5) is 0 Å². The van der Waals surface area contributed by atoms with Gasteiger partial charge in [-0.05, 0) is 26.4 Å². The molecule has 0 saturated carbocycles. The number of piperidine rings is 1. The lowest BCUT2D eigenvalue weighted by Gasteiger charge is -2.47. The van der Waals surface area contributed by atoms with Crippen LogP contribution in [-0.2, 0) is 0 Å². The normalized spacial score (nSPS) is 35.7. The molecule has 2 atom stereocenters. The maximum Gasteiger partial charge on any atom is 0.0371 e. The molecule has 2 saturated heterocycles. The van der Waals surface area contributed by atoms with Crippen molar-refractivity contribution in [3.05, 3.63) is 0 Å². The van der Waals surface area contributed by atoms with Crippen molar-refractivity contribution in [2.24, 2.45) is 0 Å². The molecule has 2 aliphatic rings. The molecule has 4 heteroatoms. The lowest BCUT2D eigenvalue weighted by atomic mass is 9.90. The molecule has 0 amide bonds. The molecule has 1 N–H and O–H groups in total. The third kappa shape index (κ3) is 2.00. The molecule has 11 heavy (non-hydrogen) atoms. The number of nitrogens with one attached hydrogen (secondary N) is 1. The smallest absolute Gasteiger partial charge is 0.0371 e. The highest BCUT2D eigenvalue weighted by Gasteiger charge is 2.35. The summed E-state index contributed by atoms with van der Waals surface area (Å²) < 4.78 is 0. The van der Waals surface area contributed by atoms with Crippen molar-refractivity contribution >= 4 is 24.8 Å². The van der Waals surface area contributed by atoms with Crippen LogP contribution in [0.3, 0.4) is 0 Å². The molecule has 2 aliphatic heterocycles. The maximum absolute atomic E-state index is 3.44. The molecule has 0 aromatic heterocycles. The van der Waals surface area contributed by atoms with Crippen molar-refractivity contribution in [1.29, 1.82) is 0 Å². The standard InChI is InChI=1S/C7H14N2.2ClH/c1-9-4-2-3-6-7(9)5-8-6;;/h6-8H,2-5H2,1H3;2*1H. The molecule has 2 heterocycles. The average Bonchev–Trinajstić information content (AvgIpc) is 1.74. The summed E-state index contributed by atoms with van der Waals surface area (Å²) in [6.07, 6.45) is 2.78. The number of fused-ring (bicyclic) bond motifs is 1. The summed E-state index contributed by atoms with van der Waals surface area (Å²) in [7, 11) is 2.23. The van der Waals surface area contributed by atoms with Crippen molar-refractivity contribution in [2.45, 2.75) is 24.9 Å². The van der Waals surface area contributed by atoms with Crippen LogP contribution in [-0.4, -0.2) is 37.1 Å². The summed E-state index contributed by atoms with van der Waals surface area (Å²) in [4.78, 5) is 2.48. The number of nitrogens with zero attached hydrogens (tertiary/aromatic N) is 1. The fraction of sp³-hybridized carbons (Fsp3) is 1.00. The van der Waals surface area contributed by atoms with Crippen LogP contribution < -0.4 is 5.32 Å². The first-order valence-corrected chi connectivity index (χ1v) is 3.81. The monoisotopic (exact) mass is 198 g/mol. The van der Waals surface area contributed by atoms with Crippen molar-refractivity contribution in [3.63, 3.8) is 0 Å². The van der Waals surface area contributed by atoms with E-state index in [0.717, 1.165) is 12.1 Å². The molecule has 0 aromatic rings. The van der Waals surface area contributed by atoms with Gasteiger partial charge in [-0.15, -0.1) is 24.8 Å². The maximum atomic E-state index is 3.44. The Morgan fingerprint density at radius 2 is 2.09 bits per heavy atom. The van der Waals surface area contributed by atoms with E-state index in [1.807, 2.05) is 0 Å². The summed E-state index contributed by atoms with van der Waals surface area (Å²) in [6.45, 7) is 2.53. The zero-order chi connectivity index (χ0) is 6.27. The molecule has 68 valence electrons. The van der Waals surface area contributed by atoms with E-state index in [4.69, 9.17) is 0 Å². The fourth-order valence-electron chi connectivity index (χ4n) is 1.87. The number of rotatable bonds is 0. The van der Waals surface area contributed by atoms with Gasteiger partial charge in [0.15, 0.2) is 0 Å². The van der Waals surface area contributed by atoms with E-state index in [-0.39, 0.29) is 24.8 Å². The molecule has 2 unspecified atom stereocenters.